The number of para-hydroxylation sites is 1. The number of hydrogen-bond acceptors (Lipinski definition) is 9. The van der Waals surface area contributed by atoms with Crippen LogP contribution in [-0.4, -0.2) is 104 Å². The van der Waals surface area contributed by atoms with Gasteiger partial charge in [0.05, 0.1) is 6.42 Å². The monoisotopic (exact) mass is 698 g/mol. The molecule has 0 spiro atoms. The maximum Gasteiger partial charge on any atom is 0.326 e. The average molecular weight is 699 g/mol. The first kappa shape index (κ1) is 38.3. The van der Waals surface area contributed by atoms with Crippen LogP contribution in [0.1, 0.15) is 83.1 Å². The van der Waals surface area contributed by atoms with Crippen LogP contribution in [0.5, 0.6) is 0 Å². The smallest absolute Gasteiger partial charge is 0.326 e. The van der Waals surface area contributed by atoms with Gasteiger partial charge in [-0.1, -0.05) is 63.6 Å². The van der Waals surface area contributed by atoms with Gasteiger partial charge in [-0.05, 0) is 24.5 Å². The normalized spacial score (nSPS) is 20.5. The molecule has 0 aliphatic carbocycles. The Kier molecular flexibility index (Phi) is 14.1. The van der Waals surface area contributed by atoms with E-state index in [2.05, 4.69) is 33.2 Å². The zero-order chi connectivity index (χ0) is 36.2. The van der Waals surface area contributed by atoms with Crippen LogP contribution in [0.4, 0.5) is 0 Å². The summed E-state index contributed by atoms with van der Waals surface area (Å²) in [4.78, 5) is 76.5. The first-order valence-electron chi connectivity index (χ1n) is 17.5. The van der Waals surface area contributed by atoms with Crippen molar-refractivity contribution >= 4 is 46.5 Å². The van der Waals surface area contributed by atoms with Gasteiger partial charge in [0.25, 0.3) is 0 Å². The molecule has 2 unspecified atom stereocenters. The summed E-state index contributed by atoms with van der Waals surface area (Å²) in [6, 6.07) is 4.13. The lowest BCUT2D eigenvalue weighted by atomic mass is 10.0. The molecule has 5 atom stereocenters. The molecule has 50 heavy (non-hydrogen) atoms. The van der Waals surface area contributed by atoms with Gasteiger partial charge in [0, 0.05) is 49.5 Å². The van der Waals surface area contributed by atoms with Crippen LogP contribution in [0.25, 0.3) is 10.9 Å². The Bertz CT molecular complexity index is 1500. The maximum absolute atomic E-state index is 13.4. The summed E-state index contributed by atoms with van der Waals surface area (Å²) in [6.07, 6.45) is 8.96. The number of carboxylic acid groups (broad SMARTS) is 2. The first-order valence-corrected chi connectivity index (χ1v) is 17.5. The molecule has 0 radical (unpaired) electrons. The van der Waals surface area contributed by atoms with Crippen molar-refractivity contribution in [3.63, 3.8) is 0 Å². The van der Waals surface area contributed by atoms with Gasteiger partial charge in [-0.25, -0.2) is 4.79 Å². The molecule has 16 heteroatoms. The molecule has 3 heterocycles. The van der Waals surface area contributed by atoms with Crippen molar-refractivity contribution in [3.8, 4) is 0 Å². The van der Waals surface area contributed by atoms with Crippen molar-refractivity contribution in [3.05, 3.63) is 36.0 Å². The van der Waals surface area contributed by atoms with Gasteiger partial charge in [0.1, 0.15) is 30.5 Å². The van der Waals surface area contributed by atoms with Crippen LogP contribution in [-0.2, 0) is 35.2 Å². The molecule has 2 aliphatic heterocycles. The summed E-state index contributed by atoms with van der Waals surface area (Å²) in [5, 5.41) is 33.6. The molecule has 2 aromatic rings. The lowest BCUT2D eigenvalue weighted by Gasteiger charge is -2.22. The topological polar surface area (TPSA) is 239 Å². The summed E-state index contributed by atoms with van der Waals surface area (Å²) >= 11 is 0. The number of fused-ring (bicyclic) bond motifs is 2. The fraction of sp³-hybridized carbons (Fsp3) is 0.588. The number of aromatic nitrogens is 1. The van der Waals surface area contributed by atoms with E-state index in [0.29, 0.717) is 13.0 Å². The molecule has 16 nitrogen and oxygen atoms in total. The van der Waals surface area contributed by atoms with E-state index >= 15 is 0 Å². The Hall–Kier alpha value is -4.54. The summed E-state index contributed by atoms with van der Waals surface area (Å²) in [6.45, 7) is 2.48. The number of carbonyl (C=O) groups excluding carboxylic acids is 4. The minimum absolute atomic E-state index is 0.00669. The zero-order valence-electron chi connectivity index (χ0n) is 28.5. The Balaban J connectivity index is 1.25. The van der Waals surface area contributed by atoms with Crippen molar-refractivity contribution < 1.29 is 39.0 Å². The second-order valence-corrected chi connectivity index (χ2v) is 12.9. The Morgan fingerprint density at radius 2 is 1.54 bits per heavy atom. The Morgan fingerprint density at radius 1 is 0.840 bits per heavy atom. The second-order valence-electron chi connectivity index (χ2n) is 12.9. The third kappa shape index (κ3) is 11.0. The number of carboxylic acids is 2. The highest BCUT2D eigenvalue weighted by Crippen LogP contribution is 2.49. The fourth-order valence-corrected chi connectivity index (χ4v) is 6.13. The molecule has 1 aromatic carbocycles. The number of nitrogens with two attached hydrogens (primary N) is 1. The van der Waals surface area contributed by atoms with E-state index in [-0.39, 0.29) is 44.0 Å². The lowest BCUT2D eigenvalue weighted by Crippen LogP contribution is -2.56. The number of carbonyl (C=O) groups is 6. The average Bonchev–Trinajstić information content (AvgIpc) is 3.96. The van der Waals surface area contributed by atoms with Crippen molar-refractivity contribution in [1.82, 2.24) is 36.3 Å². The molecule has 0 bridgehead atoms. The number of rotatable bonds is 24. The highest BCUT2D eigenvalue weighted by atomic mass is 16.4. The maximum atomic E-state index is 13.4. The van der Waals surface area contributed by atoms with Crippen molar-refractivity contribution in [1.29, 1.82) is 0 Å². The van der Waals surface area contributed by atoms with E-state index < -0.39 is 54.2 Å². The molecule has 1 aromatic heterocycles. The lowest BCUT2D eigenvalue weighted by molar-refractivity contribution is -0.142. The van der Waals surface area contributed by atoms with E-state index in [1.807, 2.05) is 34.3 Å². The molecule has 4 rings (SSSR count). The molecule has 2 fully saturated rings. The van der Waals surface area contributed by atoms with Crippen molar-refractivity contribution in [2.24, 2.45) is 5.73 Å². The Labute approximate surface area is 290 Å². The van der Waals surface area contributed by atoms with Crippen LogP contribution < -0.4 is 27.0 Å². The minimum Gasteiger partial charge on any atom is -0.481 e. The molecule has 274 valence electrons. The molecule has 2 saturated heterocycles. The van der Waals surface area contributed by atoms with Gasteiger partial charge in [-0.3, -0.25) is 24.0 Å². The van der Waals surface area contributed by atoms with Crippen LogP contribution in [0, 0.1) is 0 Å². The predicted molar refractivity (Wildman–Crippen MR) is 183 cm³/mol. The van der Waals surface area contributed by atoms with Crippen molar-refractivity contribution in [2.75, 3.05) is 13.1 Å². The summed E-state index contributed by atoms with van der Waals surface area (Å²) in [5.74, 6) is -4.36. The standard InChI is InChI=1S/C34H50N8O8/c1-2-3-4-5-6-7-8-13-26(43)38-20-28-41-33(42(28)41)30(35)32(48)40-25(18-21-19-37-23-12-10-9-11-22(21)23)31(47)36-17-16-24(34(49)50)39-27(44)14-15-29(45)46/h9-12,19,24-25,28,30,33,37H,2-8,13-18,20,35H2,1H3,(H,36,47)(H,38,43)(H,39,44)(H,40,48)(H,45,46)(H,49,50)/t24-,25-,28?,30-,33?,41?,42?/m1/s1. The SMILES string of the molecule is CCCCCCCCCC(=O)NCC1N2C([C@H](N)C(=O)N[C@H](Cc3c[nH]c4ccccc34)C(=O)NCC[C@@H](NC(=O)CCC(=O)O)C(=O)O)N12. The second kappa shape index (κ2) is 18.5. The number of amides is 4. The highest BCUT2D eigenvalue weighted by Gasteiger charge is 2.72. The number of H-pyrrole nitrogens is 1. The van der Waals surface area contributed by atoms with Gasteiger partial charge >= 0.3 is 11.9 Å². The molecule has 2 aliphatic rings. The molecule has 4 amide bonds. The van der Waals surface area contributed by atoms with E-state index in [4.69, 9.17) is 10.8 Å². The van der Waals surface area contributed by atoms with E-state index in [1.54, 1.807) is 6.20 Å². The molecule has 9 N–H and O–H groups in total. The highest BCUT2D eigenvalue weighted by molar-refractivity contribution is 5.92. The number of nitrogens with one attached hydrogen (secondary N) is 5. The summed E-state index contributed by atoms with van der Waals surface area (Å²) < 4.78 is 0. The van der Waals surface area contributed by atoms with Gasteiger partial charge in [0.2, 0.25) is 23.6 Å². The number of hydrazine groups is 1. The molecular weight excluding hydrogens is 648 g/mol. The van der Waals surface area contributed by atoms with Crippen LogP contribution in [0.2, 0.25) is 0 Å². The van der Waals surface area contributed by atoms with Crippen molar-refractivity contribution in [2.45, 2.75) is 114 Å². The molecule has 0 saturated carbocycles. The van der Waals surface area contributed by atoms with Crippen LogP contribution in [0.15, 0.2) is 30.5 Å². The third-order valence-electron chi connectivity index (χ3n) is 9.09. The zero-order valence-corrected chi connectivity index (χ0v) is 28.5. The van der Waals surface area contributed by atoms with Gasteiger partial charge in [0.15, 0.2) is 0 Å². The number of hydrogen-bond donors (Lipinski definition) is 8. The third-order valence-corrected chi connectivity index (χ3v) is 9.09. The molecular formula is C34H50N8O8. The summed E-state index contributed by atoms with van der Waals surface area (Å²) in [7, 11) is 0. The van der Waals surface area contributed by atoms with Crippen LogP contribution >= 0.6 is 0 Å². The van der Waals surface area contributed by atoms with E-state index in [9.17, 15) is 33.9 Å². The largest absolute Gasteiger partial charge is 0.481 e. The summed E-state index contributed by atoms with van der Waals surface area (Å²) in [5.41, 5.74) is 7.93. The number of benzene rings is 1. The van der Waals surface area contributed by atoms with E-state index in [0.717, 1.165) is 35.7 Å². The van der Waals surface area contributed by atoms with Gasteiger partial charge in [-0.15, -0.1) is 0 Å². The first-order chi connectivity index (χ1) is 24.0. The van der Waals surface area contributed by atoms with E-state index in [1.165, 1.54) is 25.7 Å². The minimum atomic E-state index is -1.35. The van der Waals surface area contributed by atoms with Gasteiger partial charge < -0.3 is 42.2 Å². The number of aromatic amines is 1. The fourth-order valence-electron chi connectivity index (χ4n) is 6.13. The van der Waals surface area contributed by atoms with Crippen LogP contribution in [0.3, 0.4) is 0 Å². The Morgan fingerprint density at radius 3 is 2.24 bits per heavy atom. The predicted octanol–water partition coefficient (Wildman–Crippen LogP) is 0.918. The van der Waals surface area contributed by atoms with Gasteiger partial charge in [-0.2, -0.15) is 10.0 Å². The number of nitrogens with zero attached hydrogens (tertiary/aromatic N) is 2. The number of unbranched alkanes of at least 4 members (excludes halogenated alkanes) is 6. The quantitative estimate of drug-likeness (QED) is 0.0567. The number of aliphatic carboxylic acids is 2.